The lowest BCUT2D eigenvalue weighted by Crippen LogP contribution is -2.49. The summed E-state index contributed by atoms with van der Waals surface area (Å²) in [5, 5.41) is 0. The Kier molecular flexibility index (Phi) is 4.62. The number of amides is 1. The summed E-state index contributed by atoms with van der Waals surface area (Å²) in [6, 6.07) is 12.6. The van der Waals surface area contributed by atoms with Gasteiger partial charge in [0, 0.05) is 48.2 Å². The number of hydrogen-bond acceptors (Lipinski definition) is 4. The smallest absolute Gasteiger partial charge is 0.228 e. The summed E-state index contributed by atoms with van der Waals surface area (Å²) >= 11 is 0. The topological polar surface area (TPSA) is 58.5 Å². The summed E-state index contributed by atoms with van der Waals surface area (Å²) in [5.41, 5.74) is 6.74. The van der Waals surface area contributed by atoms with Gasteiger partial charge in [0.15, 0.2) is 0 Å². The van der Waals surface area contributed by atoms with Crippen molar-refractivity contribution in [2.75, 3.05) is 13.1 Å². The molecule has 5 rings (SSSR count). The molecule has 2 aromatic heterocycles. The molecule has 1 aromatic carbocycles. The third kappa shape index (κ3) is 3.49. The van der Waals surface area contributed by atoms with E-state index in [0.717, 1.165) is 39.4 Å². The highest BCUT2D eigenvalue weighted by molar-refractivity contribution is 6.15. The van der Waals surface area contributed by atoms with E-state index in [2.05, 4.69) is 15.0 Å². The summed E-state index contributed by atoms with van der Waals surface area (Å²) in [5.74, 6) is 0.0274. The van der Waals surface area contributed by atoms with E-state index in [-0.39, 0.29) is 24.1 Å². The summed E-state index contributed by atoms with van der Waals surface area (Å²) in [4.78, 5) is 27.9. The number of rotatable bonds is 4. The first-order chi connectivity index (χ1) is 14.6. The normalized spacial score (nSPS) is 15.5. The maximum absolute atomic E-state index is 13.4. The van der Waals surface area contributed by atoms with Gasteiger partial charge in [-0.2, -0.15) is 0 Å². The Labute approximate surface area is 174 Å². The quantitative estimate of drug-likeness (QED) is 0.674. The van der Waals surface area contributed by atoms with E-state index >= 15 is 0 Å². The van der Waals surface area contributed by atoms with Gasteiger partial charge in [-0.25, -0.2) is 4.39 Å². The van der Waals surface area contributed by atoms with Crippen LogP contribution in [0.2, 0.25) is 0 Å². The first-order valence-electron chi connectivity index (χ1n) is 10.1. The average molecular weight is 400 g/mol. The number of carbonyl (C=O) groups excluding carboxylic acids is 1. The van der Waals surface area contributed by atoms with Crippen LogP contribution in [0.5, 0.6) is 0 Å². The summed E-state index contributed by atoms with van der Waals surface area (Å²) in [7, 11) is 0. The molecule has 0 saturated carbocycles. The Morgan fingerprint density at radius 3 is 2.83 bits per heavy atom. The highest BCUT2D eigenvalue weighted by Gasteiger charge is 2.32. The molecular formula is C24H21FN4O. The Morgan fingerprint density at radius 2 is 2.03 bits per heavy atom. The number of aryl methyl sites for hydroxylation is 1. The minimum Gasteiger partial charge on any atom is -0.341 e. The van der Waals surface area contributed by atoms with Crippen LogP contribution in [0.1, 0.15) is 39.6 Å². The van der Waals surface area contributed by atoms with Gasteiger partial charge in [-0.05, 0) is 48.4 Å². The predicted molar refractivity (Wildman–Crippen MR) is 112 cm³/mol. The van der Waals surface area contributed by atoms with Crippen molar-refractivity contribution < 1.29 is 9.18 Å². The van der Waals surface area contributed by atoms with Crippen molar-refractivity contribution in [3.05, 3.63) is 94.3 Å². The van der Waals surface area contributed by atoms with Crippen LogP contribution in [-0.2, 0) is 17.8 Å². The largest absolute Gasteiger partial charge is 0.341 e. The standard InChI is InChI=1S/C24H21FN4O/c1-15-7-17(5-6-26-15)24-22-12-27-21(9-18(22)11-28-24)10-23(30)29-13-19(14-29)16-3-2-4-20(25)8-16/h2-9,12,19H,10-11,13-14H2,1H3. The van der Waals surface area contributed by atoms with Gasteiger partial charge in [-0.1, -0.05) is 12.1 Å². The fourth-order valence-corrected chi connectivity index (χ4v) is 4.10. The van der Waals surface area contributed by atoms with E-state index in [1.807, 2.05) is 42.3 Å². The molecule has 0 atom stereocenters. The summed E-state index contributed by atoms with van der Waals surface area (Å²) < 4.78 is 13.4. The van der Waals surface area contributed by atoms with Crippen LogP contribution in [0.3, 0.4) is 0 Å². The van der Waals surface area contributed by atoms with Gasteiger partial charge in [0.1, 0.15) is 5.82 Å². The van der Waals surface area contributed by atoms with Crippen LogP contribution < -0.4 is 0 Å². The molecule has 30 heavy (non-hydrogen) atoms. The van der Waals surface area contributed by atoms with Gasteiger partial charge in [0.05, 0.1) is 24.4 Å². The van der Waals surface area contributed by atoms with Crippen molar-refractivity contribution in [1.29, 1.82) is 0 Å². The first-order valence-corrected chi connectivity index (χ1v) is 10.1. The number of aliphatic imine (C=N–C) groups is 1. The van der Waals surface area contributed by atoms with Crippen LogP contribution >= 0.6 is 0 Å². The molecule has 2 aliphatic rings. The maximum Gasteiger partial charge on any atom is 0.228 e. The number of aromatic nitrogens is 2. The Bertz CT molecular complexity index is 1170. The molecule has 1 fully saturated rings. The zero-order chi connectivity index (χ0) is 20.7. The molecule has 5 nitrogen and oxygen atoms in total. The van der Waals surface area contributed by atoms with E-state index in [0.29, 0.717) is 19.6 Å². The fourth-order valence-electron chi connectivity index (χ4n) is 4.10. The molecule has 0 bridgehead atoms. The minimum atomic E-state index is -0.233. The Balaban J connectivity index is 1.24. The van der Waals surface area contributed by atoms with Crippen molar-refractivity contribution in [3.8, 4) is 0 Å². The molecule has 3 aromatic rings. The van der Waals surface area contributed by atoms with Gasteiger partial charge < -0.3 is 4.90 Å². The Morgan fingerprint density at radius 1 is 1.17 bits per heavy atom. The molecule has 1 amide bonds. The third-order valence-corrected chi connectivity index (χ3v) is 5.77. The molecule has 0 unspecified atom stereocenters. The van der Waals surface area contributed by atoms with Crippen LogP contribution in [0.25, 0.3) is 0 Å². The van der Waals surface area contributed by atoms with Crippen molar-refractivity contribution in [1.82, 2.24) is 14.9 Å². The van der Waals surface area contributed by atoms with E-state index in [1.165, 1.54) is 6.07 Å². The summed E-state index contributed by atoms with van der Waals surface area (Å²) in [6.07, 6.45) is 3.88. The number of pyridine rings is 2. The number of halogens is 1. The second-order valence-electron chi connectivity index (χ2n) is 7.91. The van der Waals surface area contributed by atoms with Crippen molar-refractivity contribution >= 4 is 11.6 Å². The Hall–Kier alpha value is -3.41. The number of benzene rings is 1. The number of carbonyl (C=O) groups is 1. The molecule has 0 N–H and O–H groups in total. The second-order valence-corrected chi connectivity index (χ2v) is 7.91. The highest BCUT2D eigenvalue weighted by atomic mass is 19.1. The SMILES string of the molecule is Cc1cc(C2=NCc3cc(CC(=O)N4CC(c5cccc(F)c5)C4)ncc32)ccn1. The highest BCUT2D eigenvalue weighted by Crippen LogP contribution is 2.28. The van der Waals surface area contributed by atoms with E-state index < -0.39 is 0 Å². The van der Waals surface area contributed by atoms with Crippen LogP contribution in [0.15, 0.2) is 59.9 Å². The lowest BCUT2D eigenvalue weighted by atomic mass is 9.91. The van der Waals surface area contributed by atoms with Gasteiger partial charge in [-0.3, -0.25) is 19.8 Å². The summed E-state index contributed by atoms with van der Waals surface area (Å²) in [6.45, 7) is 3.81. The van der Waals surface area contributed by atoms with E-state index in [9.17, 15) is 9.18 Å². The van der Waals surface area contributed by atoms with Crippen molar-refractivity contribution in [2.45, 2.75) is 25.8 Å². The molecule has 6 heteroatoms. The van der Waals surface area contributed by atoms with Crippen molar-refractivity contribution in [3.63, 3.8) is 0 Å². The van der Waals surface area contributed by atoms with E-state index in [4.69, 9.17) is 0 Å². The predicted octanol–water partition coefficient (Wildman–Crippen LogP) is 3.44. The minimum absolute atomic E-state index is 0.0546. The molecular weight excluding hydrogens is 379 g/mol. The van der Waals surface area contributed by atoms with Gasteiger partial charge in [-0.15, -0.1) is 0 Å². The van der Waals surface area contributed by atoms with Gasteiger partial charge >= 0.3 is 0 Å². The maximum atomic E-state index is 13.4. The first kappa shape index (κ1) is 18.6. The molecule has 0 spiro atoms. The average Bonchev–Trinajstić information content (AvgIpc) is 3.10. The monoisotopic (exact) mass is 400 g/mol. The molecule has 0 aliphatic carbocycles. The molecule has 2 aliphatic heterocycles. The van der Waals surface area contributed by atoms with Gasteiger partial charge in [0.2, 0.25) is 5.91 Å². The second kappa shape index (κ2) is 7.44. The zero-order valence-corrected chi connectivity index (χ0v) is 16.7. The molecule has 4 heterocycles. The lowest BCUT2D eigenvalue weighted by molar-refractivity contribution is -0.134. The number of likely N-dealkylation sites (tertiary alicyclic amines) is 1. The molecule has 0 radical (unpaired) electrons. The molecule has 1 saturated heterocycles. The van der Waals surface area contributed by atoms with Crippen LogP contribution in [0.4, 0.5) is 4.39 Å². The number of hydrogen-bond donors (Lipinski definition) is 0. The zero-order valence-electron chi connectivity index (χ0n) is 16.7. The van der Waals surface area contributed by atoms with Gasteiger partial charge in [0.25, 0.3) is 0 Å². The van der Waals surface area contributed by atoms with Crippen LogP contribution in [-0.4, -0.2) is 39.6 Å². The molecule has 150 valence electrons. The van der Waals surface area contributed by atoms with E-state index in [1.54, 1.807) is 18.3 Å². The fraction of sp³-hybridized carbons (Fsp3) is 0.250. The number of fused-ring (bicyclic) bond motifs is 1. The third-order valence-electron chi connectivity index (χ3n) is 5.77. The van der Waals surface area contributed by atoms with Crippen molar-refractivity contribution in [2.24, 2.45) is 4.99 Å². The number of nitrogens with zero attached hydrogens (tertiary/aromatic N) is 4. The van der Waals surface area contributed by atoms with Crippen LogP contribution in [0, 0.1) is 12.7 Å². The lowest BCUT2D eigenvalue weighted by Gasteiger charge is -2.39.